The van der Waals surface area contributed by atoms with Crippen LogP contribution in [0.4, 0.5) is 14.5 Å². The van der Waals surface area contributed by atoms with E-state index < -0.39 is 17.5 Å². The number of aromatic nitrogens is 1. The molecule has 3 aromatic rings. The Morgan fingerprint density at radius 1 is 1.31 bits per heavy atom. The first-order chi connectivity index (χ1) is 12.4. The van der Waals surface area contributed by atoms with Crippen molar-refractivity contribution in [2.45, 2.75) is 33.2 Å². The van der Waals surface area contributed by atoms with Gasteiger partial charge in [-0.3, -0.25) is 9.69 Å². The number of carbonyl (C=O) groups excluding carboxylic acids is 1. The third-order valence-corrected chi connectivity index (χ3v) is 5.29. The minimum atomic E-state index is -0.809. The van der Waals surface area contributed by atoms with Gasteiger partial charge in [0.05, 0.1) is 29.2 Å². The number of carbonyl (C=O) groups is 1. The van der Waals surface area contributed by atoms with E-state index in [0.717, 1.165) is 17.1 Å². The molecule has 0 saturated carbocycles. The minimum absolute atomic E-state index is 0.00769. The van der Waals surface area contributed by atoms with Gasteiger partial charge in [0, 0.05) is 12.0 Å². The number of amides is 1. The van der Waals surface area contributed by atoms with Gasteiger partial charge >= 0.3 is 0 Å². The molecule has 0 aliphatic rings. The molecule has 0 unspecified atom stereocenters. The predicted octanol–water partition coefficient (Wildman–Crippen LogP) is 5.29. The number of rotatable bonds is 5. The highest BCUT2D eigenvalue weighted by Crippen LogP contribution is 2.30. The van der Waals surface area contributed by atoms with E-state index in [9.17, 15) is 13.6 Å². The number of aryl methyl sites for hydroxylation is 1. The van der Waals surface area contributed by atoms with Crippen molar-refractivity contribution in [3.8, 4) is 0 Å². The third kappa shape index (κ3) is 3.67. The normalized spacial score (nSPS) is 11.2. The molecule has 4 nitrogen and oxygen atoms in total. The zero-order valence-corrected chi connectivity index (χ0v) is 15.4. The van der Waals surface area contributed by atoms with Crippen molar-refractivity contribution in [1.82, 2.24) is 4.98 Å². The van der Waals surface area contributed by atoms with E-state index >= 15 is 0 Å². The quantitative estimate of drug-likeness (QED) is 0.608. The molecule has 136 valence electrons. The van der Waals surface area contributed by atoms with Crippen LogP contribution in [0.3, 0.4) is 0 Å². The van der Waals surface area contributed by atoms with Gasteiger partial charge in [-0.05, 0) is 31.2 Å². The van der Waals surface area contributed by atoms with Gasteiger partial charge in [-0.25, -0.2) is 13.8 Å². The molecule has 0 aliphatic heterocycles. The highest BCUT2D eigenvalue weighted by molar-refractivity contribution is 7.14. The number of benzene rings is 1. The van der Waals surface area contributed by atoms with Gasteiger partial charge in [0.15, 0.2) is 0 Å². The van der Waals surface area contributed by atoms with Crippen LogP contribution in [0.1, 0.15) is 45.9 Å². The van der Waals surface area contributed by atoms with Gasteiger partial charge in [0.1, 0.15) is 22.3 Å². The van der Waals surface area contributed by atoms with Gasteiger partial charge in [0.25, 0.3) is 5.91 Å². The predicted molar refractivity (Wildman–Crippen MR) is 96.5 cm³/mol. The maximum Gasteiger partial charge on any atom is 0.270 e. The topological polar surface area (TPSA) is 46.3 Å². The van der Waals surface area contributed by atoms with Crippen LogP contribution < -0.4 is 4.90 Å². The Balaban J connectivity index is 2.03. The highest BCUT2D eigenvalue weighted by atomic mass is 32.1. The summed E-state index contributed by atoms with van der Waals surface area (Å²) in [4.78, 5) is 19.3. The molecule has 0 radical (unpaired) electrons. The molecular weight excluding hydrogens is 358 g/mol. The van der Waals surface area contributed by atoms with Crippen molar-refractivity contribution in [1.29, 1.82) is 0 Å². The Bertz CT molecular complexity index is 920. The van der Waals surface area contributed by atoms with E-state index in [1.165, 1.54) is 28.6 Å². The fourth-order valence-electron chi connectivity index (χ4n) is 2.51. The smallest absolute Gasteiger partial charge is 0.270 e. The van der Waals surface area contributed by atoms with Crippen LogP contribution in [0.2, 0.25) is 0 Å². The van der Waals surface area contributed by atoms with Crippen LogP contribution in [-0.2, 0) is 6.54 Å². The lowest BCUT2D eigenvalue weighted by Gasteiger charge is -2.22. The molecule has 0 spiro atoms. The standard InChI is InChI=1S/C19H18F2N2O2S/c1-11(2)18-22-12(3)17(26-18)19(24)23(10-14-5-4-8-25-14)16-7-6-13(20)9-15(16)21/h4-9,11H,10H2,1-3H3. The van der Waals surface area contributed by atoms with Crippen LogP contribution in [0.25, 0.3) is 0 Å². The molecular formula is C19H18F2N2O2S. The van der Waals surface area contributed by atoms with Crippen LogP contribution in [-0.4, -0.2) is 10.9 Å². The van der Waals surface area contributed by atoms with Gasteiger partial charge < -0.3 is 4.42 Å². The first-order valence-corrected chi connectivity index (χ1v) is 8.95. The molecule has 0 aliphatic carbocycles. The largest absolute Gasteiger partial charge is 0.467 e. The van der Waals surface area contributed by atoms with Crippen LogP contribution >= 0.6 is 11.3 Å². The van der Waals surface area contributed by atoms with Gasteiger partial charge in [0.2, 0.25) is 0 Å². The lowest BCUT2D eigenvalue weighted by molar-refractivity contribution is 0.0985. The van der Waals surface area contributed by atoms with E-state index in [0.29, 0.717) is 16.3 Å². The molecule has 1 aromatic carbocycles. The first-order valence-electron chi connectivity index (χ1n) is 8.13. The monoisotopic (exact) mass is 376 g/mol. The van der Waals surface area contributed by atoms with E-state index in [-0.39, 0.29) is 18.2 Å². The Morgan fingerprint density at radius 3 is 2.65 bits per heavy atom. The van der Waals surface area contributed by atoms with Crippen LogP contribution in [0.15, 0.2) is 41.0 Å². The van der Waals surface area contributed by atoms with Gasteiger partial charge in [-0.1, -0.05) is 13.8 Å². The molecule has 26 heavy (non-hydrogen) atoms. The maximum atomic E-state index is 14.4. The summed E-state index contributed by atoms with van der Waals surface area (Å²) in [5.74, 6) is -1.23. The second kappa shape index (κ2) is 7.37. The molecule has 0 fully saturated rings. The summed E-state index contributed by atoms with van der Waals surface area (Å²) in [5, 5.41) is 0.836. The zero-order valence-electron chi connectivity index (χ0n) is 14.6. The van der Waals surface area contributed by atoms with Crippen molar-refractivity contribution in [3.63, 3.8) is 0 Å². The number of hydrogen-bond donors (Lipinski definition) is 0. The lowest BCUT2D eigenvalue weighted by atomic mass is 10.2. The summed E-state index contributed by atoms with van der Waals surface area (Å²) >= 11 is 1.29. The van der Waals surface area contributed by atoms with Gasteiger partial charge in [-0.15, -0.1) is 11.3 Å². The Kier molecular flexibility index (Phi) is 5.18. The summed E-state index contributed by atoms with van der Waals surface area (Å²) in [6.45, 7) is 5.77. The highest BCUT2D eigenvalue weighted by Gasteiger charge is 2.26. The molecule has 0 bridgehead atoms. The summed E-state index contributed by atoms with van der Waals surface area (Å²) in [5.41, 5.74) is 0.586. The first kappa shape index (κ1) is 18.3. The van der Waals surface area contributed by atoms with Crippen LogP contribution in [0.5, 0.6) is 0 Å². The lowest BCUT2D eigenvalue weighted by Crippen LogP contribution is -2.31. The molecule has 2 aromatic heterocycles. The molecule has 3 rings (SSSR count). The average Bonchev–Trinajstić information content (AvgIpc) is 3.22. The molecule has 2 heterocycles. The Labute approximate surface area is 154 Å². The van der Waals surface area contributed by atoms with Gasteiger partial charge in [-0.2, -0.15) is 0 Å². The summed E-state index contributed by atoms with van der Waals surface area (Å²) in [6.07, 6.45) is 1.48. The molecule has 0 saturated heterocycles. The van der Waals surface area contributed by atoms with E-state index in [2.05, 4.69) is 4.98 Å². The van der Waals surface area contributed by atoms with E-state index in [4.69, 9.17) is 4.42 Å². The average molecular weight is 376 g/mol. The SMILES string of the molecule is Cc1nc(C(C)C)sc1C(=O)N(Cc1ccco1)c1ccc(F)cc1F. The zero-order chi connectivity index (χ0) is 18.8. The fraction of sp³-hybridized carbons (Fsp3) is 0.263. The van der Waals surface area contributed by atoms with Crippen molar-refractivity contribution in [3.05, 3.63) is 69.6 Å². The molecule has 7 heteroatoms. The van der Waals surface area contributed by atoms with Crippen molar-refractivity contribution < 1.29 is 18.0 Å². The fourth-order valence-corrected chi connectivity index (χ4v) is 3.53. The summed E-state index contributed by atoms with van der Waals surface area (Å²) < 4.78 is 33.0. The minimum Gasteiger partial charge on any atom is -0.467 e. The maximum absolute atomic E-state index is 14.4. The third-order valence-electron chi connectivity index (χ3n) is 3.84. The van der Waals surface area contributed by atoms with E-state index in [1.807, 2.05) is 13.8 Å². The molecule has 0 N–H and O–H groups in total. The number of anilines is 1. The molecule has 0 atom stereocenters. The summed E-state index contributed by atoms with van der Waals surface area (Å²) in [7, 11) is 0. The number of furan rings is 1. The van der Waals surface area contributed by atoms with Crippen molar-refractivity contribution >= 4 is 22.9 Å². The molecule has 1 amide bonds. The number of nitrogens with zero attached hydrogens (tertiary/aromatic N) is 2. The Morgan fingerprint density at radius 2 is 2.08 bits per heavy atom. The number of thiazole rings is 1. The second-order valence-electron chi connectivity index (χ2n) is 6.19. The summed E-state index contributed by atoms with van der Waals surface area (Å²) in [6, 6.07) is 6.52. The van der Waals surface area contributed by atoms with Crippen molar-refractivity contribution in [2.24, 2.45) is 0 Å². The number of halogens is 2. The van der Waals surface area contributed by atoms with E-state index in [1.54, 1.807) is 19.1 Å². The number of hydrogen-bond acceptors (Lipinski definition) is 4. The second-order valence-corrected chi connectivity index (χ2v) is 7.22. The van der Waals surface area contributed by atoms with Crippen molar-refractivity contribution in [2.75, 3.05) is 4.90 Å². The van der Waals surface area contributed by atoms with Crippen LogP contribution in [0, 0.1) is 18.6 Å². The Hall–Kier alpha value is -2.54.